The number of nitrogens with zero attached hydrogens (tertiary/aromatic N) is 1. The molecule has 134 valence electrons. The van der Waals surface area contributed by atoms with Crippen LogP contribution in [0.15, 0.2) is 0 Å². The number of amides is 2. The molecular weight excluding hydrogens is 294 g/mol. The van der Waals surface area contributed by atoms with E-state index in [1.54, 1.807) is 4.90 Å². The van der Waals surface area contributed by atoms with Gasteiger partial charge in [-0.3, -0.25) is 9.69 Å². The zero-order valence-corrected chi connectivity index (χ0v) is 15.4. The maximum absolute atomic E-state index is 12.3. The highest BCUT2D eigenvalue weighted by atomic mass is 16.6. The molecule has 6 heteroatoms. The van der Waals surface area contributed by atoms with E-state index in [0.29, 0.717) is 19.5 Å². The largest absolute Gasteiger partial charge is 0.444 e. The summed E-state index contributed by atoms with van der Waals surface area (Å²) in [5.41, 5.74) is -0.534. The van der Waals surface area contributed by atoms with Gasteiger partial charge in [0, 0.05) is 19.5 Å². The monoisotopic (exact) mass is 328 g/mol. The first-order chi connectivity index (χ1) is 10.8. The molecule has 23 heavy (non-hydrogen) atoms. The van der Waals surface area contributed by atoms with E-state index >= 15 is 0 Å². The van der Waals surface area contributed by atoms with Crippen molar-refractivity contribution in [3.05, 3.63) is 0 Å². The maximum atomic E-state index is 12.3. The molecule has 0 aliphatic carbocycles. The summed E-state index contributed by atoms with van der Waals surface area (Å²) in [4.78, 5) is 27.6. The maximum Gasteiger partial charge on any atom is 0.410 e. The molecule has 0 spiro atoms. The van der Waals surface area contributed by atoms with Gasteiger partial charge in [0.15, 0.2) is 0 Å². The molecule has 0 saturated carbocycles. The third-order valence-electron chi connectivity index (χ3n) is 4.19. The highest BCUT2D eigenvalue weighted by Gasteiger charge is 2.36. The summed E-state index contributed by atoms with van der Waals surface area (Å²) in [7, 11) is 0. The molecule has 2 amide bonds. The van der Waals surface area contributed by atoms with E-state index < -0.39 is 5.60 Å². The lowest BCUT2D eigenvalue weighted by Gasteiger charge is -2.28. The van der Waals surface area contributed by atoms with Gasteiger partial charge in [0.1, 0.15) is 11.6 Å². The van der Waals surface area contributed by atoms with Gasteiger partial charge in [0.2, 0.25) is 5.91 Å². The Morgan fingerprint density at radius 1 is 1.26 bits per heavy atom. The predicted octanol–water partition coefficient (Wildman–Crippen LogP) is 0.817. The summed E-state index contributed by atoms with van der Waals surface area (Å²) in [5.74, 6) is -0.0529. The van der Waals surface area contributed by atoms with Crippen molar-refractivity contribution in [2.75, 3.05) is 32.7 Å². The molecule has 1 heterocycles. The summed E-state index contributed by atoms with van der Waals surface area (Å²) in [6.07, 6.45) is 2.14. The predicted molar refractivity (Wildman–Crippen MR) is 90.5 cm³/mol. The molecule has 0 bridgehead atoms. The van der Waals surface area contributed by atoms with Gasteiger partial charge in [0.25, 0.3) is 0 Å². The summed E-state index contributed by atoms with van der Waals surface area (Å²) >= 11 is 0. The molecule has 6 nitrogen and oxygen atoms in total. The standard InChI is InChI=1S/C17H33N3O3/c1-6-19(7-2)12-9-11-18-15(21)14-10-8-13-20(14)16(22)23-17(3,4)5/h14H,6-13H2,1-5H3,(H,18,21)/p+1/t14-/m1/s1. The summed E-state index contributed by atoms with van der Waals surface area (Å²) < 4.78 is 5.39. The second-order valence-corrected chi connectivity index (χ2v) is 7.18. The summed E-state index contributed by atoms with van der Waals surface area (Å²) in [6, 6.07) is -0.384. The van der Waals surface area contributed by atoms with Crippen LogP contribution in [0.2, 0.25) is 0 Å². The smallest absolute Gasteiger partial charge is 0.410 e. The third-order valence-corrected chi connectivity index (χ3v) is 4.19. The van der Waals surface area contributed by atoms with Gasteiger partial charge in [-0.25, -0.2) is 4.79 Å². The van der Waals surface area contributed by atoms with Crippen LogP contribution in [-0.4, -0.2) is 61.3 Å². The number of hydrogen-bond donors (Lipinski definition) is 2. The number of rotatable bonds is 7. The fourth-order valence-corrected chi connectivity index (χ4v) is 2.85. The lowest BCUT2D eigenvalue weighted by molar-refractivity contribution is -0.896. The van der Waals surface area contributed by atoms with Crippen LogP contribution in [0.25, 0.3) is 0 Å². The molecule has 1 saturated heterocycles. The first-order valence-electron chi connectivity index (χ1n) is 8.89. The molecule has 1 aliphatic heterocycles. The minimum Gasteiger partial charge on any atom is -0.444 e. The Morgan fingerprint density at radius 3 is 2.48 bits per heavy atom. The van der Waals surface area contributed by atoms with Crippen LogP contribution >= 0.6 is 0 Å². The highest BCUT2D eigenvalue weighted by Crippen LogP contribution is 2.20. The fourth-order valence-electron chi connectivity index (χ4n) is 2.85. The van der Waals surface area contributed by atoms with E-state index in [0.717, 1.165) is 32.5 Å². The van der Waals surface area contributed by atoms with Crippen molar-refractivity contribution in [3.8, 4) is 0 Å². The van der Waals surface area contributed by atoms with Gasteiger partial charge in [-0.05, 0) is 47.5 Å². The molecular formula is C17H34N3O3+. The highest BCUT2D eigenvalue weighted by molar-refractivity contribution is 5.86. The van der Waals surface area contributed by atoms with E-state index in [2.05, 4.69) is 19.2 Å². The molecule has 0 aromatic carbocycles. The van der Waals surface area contributed by atoms with Crippen LogP contribution in [0.5, 0.6) is 0 Å². The van der Waals surface area contributed by atoms with Gasteiger partial charge in [-0.1, -0.05) is 0 Å². The molecule has 0 aromatic heterocycles. The molecule has 1 atom stereocenters. The van der Waals surface area contributed by atoms with Crippen molar-refractivity contribution in [1.82, 2.24) is 10.2 Å². The lowest BCUT2D eigenvalue weighted by Crippen LogP contribution is -3.11. The van der Waals surface area contributed by atoms with Crippen LogP contribution in [0.1, 0.15) is 53.9 Å². The number of hydrogen-bond acceptors (Lipinski definition) is 3. The van der Waals surface area contributed by atoms with E-state index in [1.807, 2.05) is 20.8 Å². The van der Waals surface area contributed by atoms with E-state index in [9.17, 15) is 9.59 Å². The number of carbonyl (C=O) groups excluding carboxylic acids is 2. The number of likely N-dealkylation sites (tertiary alicyclic amines) is 1. The minimum atomic E-state index is -0.534. The normalized spacial score (nSPS) is 18.3. The van der Waals surface area contributed by atoms with E-state index in [-0.39, 0.29) is 18.0 Å². The number of quaternary nitrogens is 1. The van der Waals surface area contributed by atoms with Gasteiger partial charge in [0.05, 0.1) is 19.6 Å². The Morgan fingerprint density at radius 2 is 1.91 bits per heavy atom. The second kappa shape index (κ2) is 9.11. The van der Waals surface area contributed by atoms with E-state index in [4.69, 9.17) is 4.74 Å². The number of ether oxygens (including phenoxy) is 1. The Balaban J connectivity index is 2.41. The van der Waals surface area contributed by atoms with Crippen molar-refractivity contribution >= 4 is 12.0 Å². The van der Waals surface area contributed by atoms with Crippen molar-refractivity contribution < 1.29 is 19.2 Å². The first-order valence-corrected chi connectivity index (χ1v) is 8.89. The first kappa shape index (κ1) is 19.7. The molecule has 0 radical (unpaired) electrons. The molecule has 2 N–H and O–H groups in total. The zero-order valence-electron chi connectivity index (χ0n) is 15.4. The Hall–Kier alpha value is -1.30. The van der Waals surface area contributed by atoms with Crippen LogP contribution in [0.3, 0.4) is 0 Å². The average molecular weight is 328 g/mol. The van der Waals surface area contributed by atoms with Crippen molar-refractivity contribution in [2.24, 2.45) is 0 Å². The van der Waals surface area contributed by atoms with Gasteiger partial charge in [-0.2, -0.15) is 0 Å². The van der Waals surface area contributed by atoms with Crippen molar-refractivity contribution in [1.29, 1.82) is 0 Å². The molecule has 0 aromatic rings. The van der Waals surface area contributed by atoms with Gasteiger partial charge < -0.3 is 15.0 Å². The van der Waals surface area contributed by atoms with Gasteiger partial charge in [-0.15, -0.1) is 0 Å². The zero-order chi connectivity index (χ0) is 17.5. The SMILES string of the molecule is CC[NH+](CC)CCCNC(=O)[C@H]1CCCN1C(=O)OC(C)(C)C. The number of nitrogens with one attached hydrogen (secondary N) is 2. The lowest BCUT2D eigenvalue weighted by atomic mass is 10.2. The van der Waals surface area contributed by atoms with Gasteiger partial charge >= 0.3 is 6.09 Å². The third kappa shape index (κ3) is 6.77. The van der Waals surface area contributed by atoms with Crippen LogP contribution in [-0.2, 0) is 9.53 Å². The Kier molecular flexibility index (Phi) is 7.82. The topological polar surface area (TPSA) is 63.1 Å². The number of carbonyl (C=O) groups is 2. The van der Waals surface area contributed by atoms with E-state index in [1.165, 1.54) is 4.90 Å². The fraction of sp³-hybridized carbons (Fsp3) is 0.882. The average Bonchev–Trinajstić information content (AvgIpc) is 2.95. The molecule has 1 rings (SSSR count). The quantitative estimate of drug-likeness (QED) is 0.680. The Labute approximate surface area is 140 Å². The second-order valence-electron chi connectivity index (χ2n) is 7.18. The molecule has 1 fully saturated rings. The van der Waals surface area contributed by atoms with Crippen LogP contribution in [0.4, 0.5) is 4.79 Å². The molecule has 1 aliphatic rings. The Bertz CT molecular complexity index is 389. The van der Waals surface area contributed by atoms with Crippen LogP contribution in [0, 0.1) is 0 Å². The summed E-state index contributed by atoms with van der Waals surface area (Å²) in [6.45, 7) is 14.4. The molecule has 0 unspecified atom stereocenters. The summed E-state index contributed by atoms with van der Waals surface area (Å²) in [5, 5.41) is 2.97. The minimum absolute atomic E-state index is 0.0529. The van der Waals surface area contributed by atoms with Crippen molar-refractivity contribution in [3.63, 3.8) is 0 Å². The van der Waals surface area contributed by atoms with Crippen molar-refractivity contribution in [2.45, 2.75) is 65.5 Å². The van der Waals surface area contributed by atoms with Crippen LogP contribution < -0.4 is 10.2 Å².